The van der Waals surface area contributed by atoms with Gasteiger partial charge in [-0.25, -0.2) is 9.59 Å². The van der Waals surface area contributed by atoms with Crippen LogP contribution in [0.25, 0.3) is 11.1 Å². The fraction of sp³-hybridized carbons (Fsp3) is 0.310. The number of nitrogens with zero attached hydrogens (tertiary/aromatic N) is 2. The molecule has 3 aromatic rings. The van der Waals surface area contributed by atoms with Gasteiger partial charge in [-0.2, -0.15) is 0 Å². The van der Waals surface area contributed by atoms with Gasteiger partial charge in [0.1, 0.15) is 5.60 Å². The van der Waals surface area contributed by atoms with Gasteiger partial charge in [0, 0.05) is 35.7 Å². The molecule has 36 heavy (non-hydrogen) atoms. The van der Waals surface area contributed by atoms with E-state index in [4.69, 9.17) is 15.2 Å². The van der Waals surface area contributed by atoms with Crippen LogP contribution in [0.5, 0.6) is 0 Å². The van der Waals surface area contributed by atoms with Crippen molar-refractivity contribution in [2.75, 3.05) is 29.3 Å². The number of rotatable bonds is 3. The number of hydrogen-bond donors (Lipinski definition) is 1. The number of methoxy groups -OCH3 is 1. The molecule has 0 radical (unpaired) electrons. The minimum absolute atomic E-state index is 0.232. The fourth-order valence-electron chi connectivity index (χ4n) is 5.11. The molecule has 0 fully saturated rings. The number of nitrogen functional groups attached to an aromatic ring is 1. The minimum atomic E-state index is -0.704. The van der Waals surface area contributed by atoms with E-state index < -0.39 is 17.5 Å². The molecule has 0 aliphatic carbocycles. The fourth-order valence-corrected chi connectivity index (χ4v) is 5.11. The van der Waals surface area contributed by atoms with Gasteiger partial charge in [0.05, 0.1) is 24.9 Å². The van der Waals surface area contributed by atoms with Gasteiger partial charge >= 0.3 is 11.9 Å². The molecule has 0 saturated heterocycles. The molecule has 0 atom stereocenters. The number of anilines is 3. The third-order valence-electron chi connectivity index (χ3n) is 6.53. The van der Waals surface area contributed by atoms with Gasteiger partial charge in [-0.15, -0.1) is 0 Å². The highest BCUT2D eigenvalue weighted by atomic mass is 16.6. The number of fused-ring (bicyclic) bond motifs is 6. The molecule has 3 aromatic carbocycles. The van der Waals surface area contributed by atoms with E-state index in [-0.39, 0.29) is 16.8 Å². The first-order valence-electron chi connectivity index (χ1n) is 12.0. The summed E-state index contributed by atoms with van der Waals surface area (Å²) >= 11 is 0. The summed E-state index contributed by atoms with van der Waals surface area (Å²) < 4.78 is 10.7. The van der Waals surface area contributed by atoms with Gasteiger partial charge in [-0.05, 0) is 74.7 Å². The van der Waals surface area contributed by atoms with Crippen LogP contribution in [0.15, 0.2) is 48.5 Å². The molecule has 0 aromatic heterocycles. The normalized spacial score (nSPS) is 14.1. The number of esters is 2. The Morgan fingerprint density at radius 3 is 2.06 bits per heavy atom. The average molecular weight is 486 g/mol. The van der Waals surface area contributed by atoms with Gasteiger partial charge < -0.3 is 25.0 Å². The van der Waals surface area contributed by atoms with E-state index in [9.17, 15) is 9.59 Å². The third-order valence-corrected chi connectivity index (χ3v) is 6.53. The number of carbonyl (C=O) groups is 2. The Labute approximate surface area is 211 Å². The molecule has 2 heterocycles. The second kappa shape index (κ2) is 8.59. The van der Waals surface area contributed by atoms with Crippen molar-refractivity contribution in [3.63, 3.8) is 0 Å². The first-order valence-corrected chi connectivity index (χ1v) is 12.0. The highest BCUT2D eigenvalue weighted by molar-refractivity contribution is 6.07. The van der Waals surface area contributed by atoms with Crippen molar-refractivity contribution in [2.45, 2.75) is 46.4 Å². The Morgan fingerprint density at radius 2 is 1.44 bits per heavy atom. The van der Waals surface area contributed by atoms with Gasteiger partial charge in [-0.3, -0.25) is 0 Å². The number of nitrogens with two attached hydrogens (primary N) is 1. The number of carbonyl (C=O) groups excluding carboxylic acids is 2. The van der Waals surface area contributed by atoms with Crippen LogP contribution in [0.4, 0.5) is 17.1 Å². The van der Waals surface area contributed by atoms with Crippen LogP contribution in [-0.4, -0.2) is 31.3 Å². The molecule has 7 heteroatoms. The number of aryl methyl sites for hydroxylation is 1. The lowest BCUT2D eigenvalue weighted by Crippen LogP contribution is -2.46. The summed E-state index contributed by atoms with van der Waals surface area (Å²) in [5.41, 5.74) is 13.4. The lowest BCUT2D eigenvalue weighted by molar-refractivity contribution is 0.00704. The standard InChI is InChI=1S/C29H31N3O4/c1-17-6-8-24-19(10-17)14-31-16-32(24)15-20-11-18(7-9-25(20)31)26-22(27(33)35-5)12-21(30)13-23(26)28(34)36-29(2,3)4/h6-13H,14-16,30H2,1-5H3. The van der Waals surface area contributed by atoms with Gasteiger partial charge in [0.15, 0.2) is 0 Å². The second-order valence-corrected chi connectivity index (χ2v) is 10.5. The molecule has 0 spiro atoms. The van der Waals surface area contributed by atoms with E-state index in [0.29, 0.717) is 5.56 Å². The van der Waals surface area contributed by atoms with Crippen LogP contribution in [0, 0.1) is 6.92 Å². The Kier molecular flexibility index (Phi) is 5.66. The molecule has 186 valence electrons. The summed E-state index contributed by atoms with van der Waals surface area (Å²) in [6.45, 7) is 9.90. The smallest absolute Gasteiger partial charge is 0.339 e. The van der Waals surface area contributed by atoms with Crippen LogP contribution in [0.1, 0.15) is 58.2 Å². The van der Waals surface area contributed by atoms with Crippen LogP contribution in [0.2, 0.25) is 0 Å². The average Bonchev–Trinajstić information content (AvgIpc) is 2.81. The summed E-state index contributed by atoms with van der Waals surface area (Å²) in [7, 11) is 1.32. The quantitative estimate of drug-likeness (QED) is 0.399. The van der Waals surface area contributed by atoms with Crippen LogP contribution in [0.3, 0.4) is 0 Å². The van der Waals surface area contributed by atoms with Crippen molar-refractivity contribution < 1.29 is 19.1 Å². The zero-order chi connectivity index (χ0) is 25.8. The minimum Gasteiger partial charge on any atom is -0.465 e. The van der Waals surface area contributed by atoms with Crippen molar-refractivity contribution in [3.05, 3.63) is 76.3 Å². The monoisotopic (exact) mass is 485 g/mol. The lowest BCUT2D eigenvalue weighted by Gasteiger charge is -2.45. The third kappa shape index (κ3) is 4.26. The first kappa shape index (κ1) is 23.7. The number of hydrogen-bond acceptors (Lipinski definition) is 7. The second-order valence-electron chi connectivity index (χ2n) is 10.5. The van der Waals surface area contributed by atoms with Crippen molar-refractivity contribution in [1.29, 1.82) is 0 Å². The predicted octanol–water partition coefficient (Wildman–Crippen LogP) is 5.28. The van der Waals surface area contributed by atoms with Crippen molar-refractivity contribution in [3.8, 4) is 11.1 Å². The maximum absolute atomic E-state index is 13.2. The van der Waals surface area contributed by atoms with E-state index in [1.807, 2.05) is 6.07 Å². The topological polar surface area (TPSA) is 85.1 Å². The predicted molar refractivity (Wildman–Crippen MR) is 141 cm³/mol. The molecule has 2 bridgehead atoms. The summed E-state index contributed by atoms with van der Waals surface area (Å²) in [6.07, 6.45) is 0. The van der Waals surface area contributed by atoms with E-state index in [0.717, 1.165) is 36.6 Å². The van der Waals surface area contributed by atoms with E-state index in [1.54, 1.807) is 32.9 Å². The molecule has 0 amide bonds. The SMILES string of the molecule is COC(=O)c1cc(N)cc(C(=O)OC(C)(C)C)c1-c1ccc2c(c1)CN1CN2Cc2cc(C)ccc21. The molecule has 2 aliphatic heterocycles. The van der Waals surface area contributed by atoms with Gasteiger partial charge in [0.2, 0.25) is 0 Å². The molecule has 2 aliphatic rings. The van der Waals surface area contributed by atoms with Crippen LogP contribution in [-0.2, 0) is 22.6 Å². The summed E-state index contributed by atoms with van der Waals surface area (Å²) in [4.78, 5) is 30.7. The lowest BCUT2D eigenvalue weighted by atomic mass is 9.90. The first-order chi connectivity index (χ1) is 17.0. The molecular formula is C29H31N3O4. The van der Waals surface area contributed by atoms with E-state index in [1.165, 1.54) is 23.9 Å². The van der Waals surface area contributed by atoms with E-state index >= 15 is 0 Å². The van der Waals surface area contributed by atoms with Crippen LogP contribution >= 0.6 is 0 Å². The molecular weight excluding hydrogens is 454 g/mol. The molecule has 7 nitrogen and oxygen atoms in total. The van der Waals surface area contributed by atoms with Crippen molar-refractivity contribution in [1.82, 2.24) is 0 Å². The van der Waals surface area contributed by atoms with Crippen LogP contribution < -0.4 is 15.5 Å². The Bertz CT molecular complexity index is 1390. The molecule has 0 saturated carbocycles. The summed E-state index contributed by atoms with van der Waals surface area (Å²) in [5, 5.41) is 0. The van der Waals surface area contributed by atoms with Gasteiger partial charge in [-0.1, -0.05) is 23.8 Å². The largest absolute Gasteiger partial charge is 0.465 e. The Morgan fingerprint density at radius 1 is 0.861 bits per heavy atom. The molecule has 0 unspecified atom stereocenters. The zero-order valence-corrected chi connectivity index (χ0v) is 21.3. The van der Waals surface area contributed by atoms with Crippen molar-refractivity contribution in [2.24, 2.45) is 0 Å². The number of ether oxygens (including phenoxy) is 2. The Balaban J connectivity index is 1.63. The maximum Gasteiger partial charge on any atom is 0.339 e. The highest BCUT2D eigenvalue weighted by Gasteiger charge is 2.31. The highest BCUT2D eigenvalue weighted by Crippen LogP contribution is 2.41. The summed E-state index contributed by atoms with van der Waals surface area (Å²) in [6, 6.07) is 15.8. The maximum atomic E-state index is 13.2. The molecule has 2 N–H and O–H groups in total. The van der Waals surface area contributed by atoms with E-state index in [2.05, 4.69) is 47.1 Å². The summed E-state index contributed by atoms with van der Waals surface area (Å²) in [5.74, 6) is -1.10. The zero-order valence-electron chi connectivity index (χ0n) is 21.3. The molecule has 5 rings (SSSR count). The Hall–Kier alpha value is -4.00. The van der Waals surface area contributed by atoms with Gasteiger partial charge in [0.25, 0.3) is 0 Å². The number of benzene rings is 3. The van der Waals surface area contributed by atoms with Crippen molar-refractivity contribution >= 4 is 29.0 Å².